The third-order valence-corrected chi connectivity index (χ3v) is 3.73. The molecule has 78 valence electrons. The lowest BCUT2D eigenvalue weighted by Gasteiger charge is -2.12. The second-order valence-electron chi connectivity index (χ2n) is 3.39. The molecule has 0 aromatic heterocycles. The average Bonchev–Trinajstić information content (AvgIpc) is 2.07. The lowest BCUT2D eigenvalue weighted by Crippen LogP contribution is -2.06. The van der Waals surface area contributed by atoms with E-state index < -0.39 is 7.14 Å². The summed E-state index contributed by atoms with van der Waals surface area (Å²) in [6.07, 6.45) is 0. The fraction of sp³-hybridized carbons (Fsp3) is 0.333. The molecule has 0 bridgehead atoms. The number of halogens is 1. The first-order chi connectivity index (χ1) is 6.36. The van der Waals surface area contributed by atoms with E-state index in [0.717, 1.165) is 0 Å². The van der Waals surface area contributed by atoms with Crippen LogP contribution in [0.2, 0.25) is 5.02 Å². The second kappa shape index (κ2) is 3.84. The van der Waals surface area contributed by atoms with Gasteiger partial charge in [0.1, 0.15) is 12.9 Å². The molecule has 0 aliphatic rings. The summed E-state index contributed by atoms with van der Waals surface area (Å²) in [7, 11) is -0.823. The van der Waals surface area contributed by atoms with Crippen LogP contribution >= 0.6 is 18.7 Å². The number of nitrogen functional groups attached to an aromatic ring is 1. The van der Waals surface area contributed by atoms with Crippen LogP contribution < -0.4 is 15.8 Å². The van der Waals surface area contributed by atoms with E-state index in [4.69, 9.17) is 22.1 Å². The first-order valence-corrected chi connectivity index (χ1v) is 7.02. The maximum absolute atomic E-state index is 11.8. The molecule has 0 saturated carbocycles. The van der Waals surface area contributed by atoms with Crippen molar-refractivity contribution in [2.24, 2.45) is 0 Å². The van der Waals surface area contributed by atoms with Gasteiger partial charge in [-0.2, -0.15) is 0 Å². The standard InChI is InChI=1S/C9H13ClNO2P/c1-13-8-5-6(14(2,3)12)4-7(10)9(8)11/h4-5H,11H2,1-3H3. The van der Waals surface area contributed by atoms with E-state index >= 15 is 0 Å². The summed E-state index contributed by atoms with van der Waals surface area (Å²) in [5, 5.41) is 1.05. The molecule has 0 unspecified atom stereocenters. The topological polar surface area (TPSA) is 52.3 Å². The molecule has 3 nitrogen and oxygen atoms in total. The van der Waals surface area contributed by atoms with Crippen molar-refractivity contribution in [1.82, 2.24) is 0 Å². The van der Waals surface area contributed by atoms with Crippen LogP contribution in [0.3, 0.4) is 0 Å². The summed E-state index contributed by atoms with van der Waals surface area (Å²) in [5.74, 6) is 0.469. The van der Waals surface area contributed by atoms with Gasteiger partial charge >= 0.3 is 0 Å². The lowest BCUT2D eigenvalue weighted by molar-refractivity contribution is 0.417. The van der Waals surface area contributed by atoms with Gasteiger partial charge in [-0.3, -0.25) is 0 Å². The van der Waals surface area contributed by atoms with Crippen LogP contribution in [0.1, 0.15) is 0 Å². The fourth-order valence-corrected chi connectivity index (χ4v) is 2.21. The van der Waals surface area contributed by atoms with E-state index in [0.29, 0.717) is 21.8 Å². The molecule has 1 aromatic carbocycles. The molecule has 0 radical (unpaired) electrons. The third-order valence-electron chi connectivity index (χ3n) is 1.92. The number of nitrogens with two attached hydrogens (primary N) is 1. The minimum Gasteiger partial charge on any atom is -0.495 e. The van der Waals surface area contributed by atoms with Gasteiger partial charge in [0.15, 0.2) is 0 Å². The van der Waals surface area contributed by atoms with Crippen molar-refractivity contribution in [1.29, 1.82) is 0 Å². The minimum atomic E-state index is -2.32. The fourth-order valence-electron chi connectivity index (χ4n) is 1.06. The Labute approximate surface area is 88.6 Å². The second-order valence-corrected chi connectivity index (χ2v) is 7.02. The van der Waals surface area contributed by atoms with Crippen molar-refractivity contribution in [2.75, 3.05) is 26.2 Å². The number of hydrogen-bond donors (Lipinski definition) is 1. The number of methoxy groups -OCH3 is 1. The molecule has 14 heavy (non-hydrogen) atoms. The van der Waals surface area contributed by atoms with Crippen LogP contribution in [0.5, 0.6) is 5.75 Å². The highest BCUT2D eigenvalue weighted by Gasteiger charge is 2.15. The van der Waals surface area contributed by atoms with Gasteiger partial charge in [-0.1, -0.05) is 11.6 Å². The molecule has 0 atom stereocenters. The number of ether oxygens (including phenoxy) is 1. The van der Waals surface area contributed by atoms with Crippen LogP contribution in [0.25, 0.3) is 0 Å². The monoisotopic (exact) mass is 233 g/mol. The Morgan fingerprint density at radius 1 is 1.43 bits per heavy atom. The Morgan fingerprint density at radius 2 is 2.00 bits per heavy atom. The summed E-state index contributed by atoms with van der Waals surface area (Å²) >= 11 is 5.88. The van der Waals surface area contributed by atoms with E-state index in [-0.39, 0.29) is 0 Å². The molecule has 0 spiro atoms. The molecule has 2 N–H and O–H groups in total. The molecule has 0 aliphatic carbocycles. The molecular weight excluding hydrogens is 221 g/mol. The van der Waals surface area contributed by atoms with E-state index in [1.165, 1.54) is 7.11 Å². The van der Waals surface area contributed by atoms with Gasteiger partial charge in [0.2, 0.25) is 0 Å². The van der Waals surface area contributed by atoms with Crippen molar-refractivity contribution in [3.05, 3.63) is 17.2 Å². The van der Waals surface area contributed by atoms with E-state index in [1.807, 2.05) is 0 Å². The molecule has 0 heterocycles. The van der Waals surface area contributed by atoms with Gasteiger partial charge in [0.25, 0.3) is 0 Å². The Balaban J connectivity index is 3.38. The normalized spacial score (nSPS) is 11.4. The molecule has 5 heteroatoms. The number of benzene rings is 1. The van der Waals surface area contributed by atoms with Crippen LogP contribution in [0, 0.1) is 0 Å². The van der Waals surface area contributed by atoms with Crippen LogP contribution in [0.4, 0.5) is 5.69 Å². The lowest BCUT2D eigenvalue weighted by atomic mass is 10.3. The molecular formula is C9H13ClNO2P. The van der Waals surface area contributed by atoms with Gasteiger partial charge in [-0.15, -0.1) is 0 Å². The first-order valence-electron chi connectivity index (χ1n) is 4.05. The molecule has 1 rings (SSSR count). The van der Waals surface area contributed by atoms with Crippen molar-refractivity contribution < 1.29 is 9.30 Å². The van der Waals surface area contributed by atoms with Gasteiger partial charge in [0, 0.05) is 5.30 Å². The Morgan fingerprint density at radius 3 is 2.43 bits per heavy atom. The van der Waals surface area contributed by atoms with Gasteiger partial charge in [-0.25, -0.2) is 0 Å². The maximum atomic E-state index is 11.8. The number of rotatable bonds is 2. The van der Waals surface area contributed by atoms with Gasteiger partial charge in [0.05, 0.1) is 17.8 Å². The quantitative estimate of drug-likeness (QED) is 0.629. The highest BCUT2D eigenvalue weighted by atomic mass is 35.5. The van der Waals surface area contributed by atoms with Gasteiger partial charge < -0.3 is 15.0 Å². The van der Waals surface area contributed by atoms with E-state index in [1.54, 1.807) is 25.5 Å². The van der Waals surface area contributed by atoms with Crippen molar-refractivity contribution >= 4 is 29.7 Å². The first kappa shape index (κ1) is 11.4. The van der Waals surface area contributed by atoms with Crippen LogP contribution in [-0.4, -0.2) is 20.4 Å². The highest BCUT2D eigenvalue weighted by molar-refractivity contribution is 7.70. The Bertz CT molecular complexity index is 400. The zero-order chi connectivity index (χ0) is 10.9. The number of anilines is 1. The predicted octanol–water partition coefficient (Wildman–Crippen LogP) is 2.18. The molecule has 1 aromatic rings. The maximum Gasteiger partial charge on any atom is 0.144 e. The summed E-state index contributed by atoms with van der Waals surface area (Å²) in [4.78, 5) is 0. The summed E-state index contributed by atoms with van der Waals surface area (Å²) in [6, 6.07) is 3.29. The van der Waals surface area contributed by atoms with Crippen molar-refractivity contribution in [3.8, 4) is 5.75 Å². The van der Waals surface area contributed by atoms with E-state index in [2.05, 4.69) is 0 Å². The molecule has 0 fully saturated rings. The summed E-state index contributed by atoms with van der Waals surface area (Å²) in [5.41, 5.74) is 6.04. The number of hydrogen-bond acceptors (Lipinski definition) is 3. The van der Waals surface area contributed by atoms with Gasteiger partial charge in [-0.05, 0) is 25.5 Å². The molecule has 0 amide bonds. The highest BCUT2D eigenvalue weighted by Crippen LogP contribution is 2.39. The van der Waals surface area contributed by atoms with E-state index in [9.17, 15) is 4.57 Å². The van der Waals surface area contributed by atoms with Crippen molar-refractivity contribution in [3.63, 3.8) is 0 Å². The third kappa shape index (κ3) is 2.23. The van der Waals surface area contributed by atoms with Crippen LogP contribution in [0.15, 0.2) is 12.1 Å². The SMILES string of the molecule is COc1cc(P(C)(C)=O)cc(Cl)c1N. The van der Waals surface area contributed by atoms with Crippen LogP contribution in [-0.2, 0) is 4.57 Å². The Hall–Kier alpha value is -0.660. The smallest absolute Gasteiger partial charge is 0.144 e. The summed E-state index contributed by atoms with van der Waals surface area (Å²) < 4.78 is 16.8. The zero-order valence-electron chi connectivity index (χ0n) is 8.37. The Kier molecular flexibility index (Phi) is 3.13. The largest absolute Gasteiger partial charge is 0.495 e. The predicted molar refractivity (Wildman–Crippen MR) is 61.5 cm³/mol. The zero-order valence-corrected chi connectivity index (χ0v) is 10.0. The molecule has 0 aliphatic heterocycles. The average molecular weight is 234 g/mol. The van der Waals surface area contributed by atoms with Crippen molar-refractivity contribution in [2.45, 2.75) is 0 Å². The minimum absolute atomic E-state index is 0.378. The summed E-state index contributed by atoms with van der Waals surface area (Å²) in [6.45, 7) is 3.35. The molecule has 0 saturated heterocycles.